The topological polar surface area (TPSA) is 269 Å². The zero-order valence-electron chi connectivity index (χ0n) is 40.5. The van der Waals surface area contributed by atoms with E-state index in [2.05, 4.69) is 29.8 Å². The number of ether oxygens (including phenoxy) is 2. The van der Waals surface area contributed by atoms with Gasteiger partial charge >= 0.3 is 11.9 Å². The molecule has 0 radical (unpaired) electrons. The largest absolute Gasteiger partial charge is 0.449 e. The fourth-order valence-electron chi connectivity index (χ4n) is 6.65. The standard InChI is InChI=1S/C23H54N8O2.C20H47N7O2/c1-28(2)21-23(32)33-22-31(19-7-17-29(13-3-9-24)14-4-10-25)20-8-18-30(15-5-11-26)16-6-12-27;1-25(2)18-20(28)29-19-27(15-6-12-24-11-3-8-21)17-7-16-26(13-4-9-22)14-5-10-23/h3-22,24-27H2,1-2H3;24H,3-19,21-23H2,1-2H3. The maximum atomic E-state index is 12.0. The summed E-state index contributed by atoms with van der Waals surface area (Å²) in [5.41, 5.74) is 39.6. The van der Waals surface area contributed by atoms with Crippen LogP contribution in [0.3, 0.4) is 0 Å². The number of esters is 2. The van der Waals surface area contributed by atoms with E-state index in [9.17, 15) is 9.59 Å². The van der Waals surface area contributed by atoms with Gasteiger partial charge in [0.25, 0.3) is 0 Å². The first kappa shape index (κ1) is 62.4. The normalized spacial score (nSPS) is 11.8. The van der Waals surface area contributed by atoms with Gasteiger partial charge in [-0.3, -0.25) is 29.2 Å². The Balaban J connectivity index is 0. The molecule has 62 heavy (non-hydrogen) atoms. The van der Waals surface area contributed by atoms with Crippen molar-refractivity contribution in [1.82, 2.24) is 39.6 Å². The van der Waals surface area contributed by atoms with Gasteiger partial charge in [0.15, 0.2) is 0 Å². The summed E-state index contributed by atoms with van der Waals surface area (Å²) in [6.07, 6.45) is 11.1. The summed E-state index contributed by atoms with van der Waals surface area (Å²) in [5.74, 6) is -0.376. The van der Waals surface area contributed by atoms with Crippen LogP contribution in [0.2, 0.25) is 0 Å². The molecule has 0 aliphatic heterocycles. The minimum Gasteiger partial charge on any atom is -0.449 e. The third-order valence-corrected chi connectivity index (χ3v) is 10.0. The van der Waals surface area contributed by atoms with Gasteiger partial charge in [-0.2, -0.15) is 0 Å². The summed E-state index contributed by atoms with van der Waals surface area (Å²) in [5, 5.41) is 3.40. The molecule has 0 heterocycles. The second-order valence-corrected chi connectivity index (χ2v) is 16.7. The Hall–Kier alpha value is -1.66. The monoisotopic (exact) mass is 892 g/mol. The second-order valence-electron chi connectivity index (χ2n) is 16.7. The fraction of sp³-hybridized carbons (Fsp3) is 0.953. The molecule has 0 aliphatic carbocycles. The van der Waals surface area contributed by atoms with Crippen LogP contribution in [0.4, 0.5) is 0 Å². The number of nitrogens with zero attached hydrogens (tertiary/aromatic N) is 7. The average molecular weight is 892 g/mol. The minimum atomic E-state index is -0.190. The highest BCUT2D eigenvalue weighted by molar-refractivity contribution is 5.71. The van der Waals surface area contributed by atoms with Crippen LogP contribution in [0, 0.1) is 0 Å². The Bertz CT molecular complexity index is 911. The lowest BCUT2D eigenvalue weighted by Gasteiger charge is -2.27. The van der Waals surface area contributed by atoms with Crippen LogP contribution >= 0.6 is 0 Å². The molecular formula is C43H101N15O4. The number of nitrogens with one attached hydrogen (secondary N) is 1. The summed E-state index contributed by atoms with van der Waals surface area (Å²) in [7, 11) is 7.47. The molecule has 0 aromatic heterocycles. The van der Waals surface area contributed by atoms with Gasteiger partial charge < -0.3 is 69.6 Å². The van der Waals surface area contributed by atoms with Gasteiger partial charge in [0.1, 0.15) is 13.5 Å². The van der Waals surface area contributed by atoms with Crippen LogP contribution in [0.5, 0.6) is 0 Å². The molecule has 0 saturated carbocycles. The molecule has 0 aliphatic rings. The molecule has 19 heteroatoms. The zero-order chi connectivity index (χ0) is 46.5. The van der Waals surface area contributed by atoms with Gasteiger partial charge in [-0.15, -0.1) is 0 Å². The van der Waals surface area contributed by atoms with Crippen LogP contribution in [0.25, 0.3) is 0 Å². The summed E-state index contributed by atoms with van der Waals surface area (Å²) in [6.45, 7) is 20.8. The molecule has 0 amide bonds. The van der Waals surface area contributed by atoms with E-state index >= 15 is 0 Å². The Morgan fingerprint density at radius 1 is 0.355 bits per heavy atom. The highest BCUT2D eigenvalue weighted by atomic mass is 16.5. The predicted octanol–water partition coefficient (Wildman–Crippen LogP) is -1.80. The van der Waals surface area contributed by atoms with Gasteiger partial charge in [0.05, 0.1) is 13.1 Å². The Morgan fingerprint density at radius 2 is 0.597 bits per heavy atom. The van der Waals surface area contributed by atoms with E-state index in [1.54, 1.807) is 0 Å². The lowest BCUT2D eigenvalue weighted by atomic mass is 10.2. The zero-order valence-corrected chi connectivity index (χ0v) is 40.5. The molecule has 0 saturated heterocycles. The third-order valence-electron chi connectivity index (χ3n) is 10.0. The molecule has 0 unspecified atom stereocenters. The van der Waals surface area contributed by atoms with Crippen molar-refractivity contribution in [2.45, 2.75) is 70.6 Å². The average Bonchev–Trinajstić information content (AvgIpc) is 3.24. The summed E-state index contributed by atoms with van der Waals surface area (Å²) in [4.78, 5) is 39.4. The first-order valence-electron chi connectivity index (χ1n) is 23.8. The minimum absolute atomic E-state index is 0.186. The molecule has 0 rings (SSSR count). The highest BCUT2D eigenvalue weighted by Gasteiger charge is 2.14. The molecule has 0 spiro atoms. The maximum absolute atomic E-state index is 12.0. The number of carbonyl (C=O) groups is 2. The number of carbonyl (C=O) groups excluding carboxylic acids is 2. The van der Waals surface area contributed by atoms with Crippen molar-refractivity contribution in [3.8, 4) is 0 Å². The first-order chi connectivity index (χ1) is 30.0. The SMILES string of the molecule is CN(C)CC(=O)OCN(CCCN(CCCN)CCCN)CCCN(CCCN)CCCN.CN(C)CC(=O)OCN(CCCNCCCN)CCCN(CCCN)CCCN. The smallest absolute Gasteiger partial charge is 0.321 e. The van der Waals surface area contributed by atoms with Gasteiger partial charge in [-0.05, 0) is 217 Å². The molecular weight excluding hydrogens is 791 g/mol. The van der Waals surface area contributed by atoms with E-state index in [-0.39, 0.29) is 11.9 Å². The lowest BCUT2D eigenvalue weighted by molar-refractivity contribution is -0.150. The van der Waals surface area contributed by atoms with Gasteiger partial charge in [0.2, 0.25) is 0 Å². The van der Waals surface area contributed by atoms with Crippen LogP contribution in [-0.4, -0.2) is 245 Å². The number of hydrogen-bond acceptors (Lipinski definition) is 19. The molecule has 19 nitrogen and oxygen atoms in total. The van der Waals surface area contributed by atoms with E-state index in [1.165, 1.54) is 0 Å². The van der Waals surface area contributed by atoms with Crippen LogP contribution in [0.15, 0.2) is 0 Å². The molecule has 0 bridgehead atoms. The van der Waals surface area contributed by atoms with Crippen molar-refractivity contribution in [3.63, 3.8) is 0 Å². The maximum Gasteiger partial charge on any atom is 0.321 e. The summed E-state index contributed by atoms with van der Waals surface area (Å²) in [6, 6.07) is 0. The van der Waals surface area contributed by atoms with E-state index in [0.29, 0.717) is 72.4 Å². The fourth-order valence-corrected chi connectivity index (χ4v) is 6.65. The Morgan fingerprint density at radius 3 is 0.871 bits per heavy atom. The third kappa shape index (κ3) is 43.6. The molecule has 0 fully saturated rings. The van der Waals surface area contributed by atoms with Gasteiger partial charge in [-0.1, -0.05) is 0 Å². The van der Waals surface area contributed by atoms with Crippen molar-refractivity contribution >= 4 is 11.9 Å². The van der Waals surface area contributed by atoms with Crippen LogP contribution < -0.4 is 45.5 Å². The molecule has 372 valence electrons. The quantitative estimate of drug-likeness (QED) is 0.0190. The first-order valence-corrected chi connectivity index (χ1v) is 23.8. The van der Waals surface area contributed by atoms with Crippen LogP contribution in [-0.2, 0) is 19.1 Å². The van der Waals surface area contributed by atoms with Crippen molar-refractivity contribution in [2.75, 3.05) is 199 Å². The number of nitrogens with two attached hydrogens (primary N) is 7. The molecule has 0 aromatic carbocycles. The Kier molecular flexibility index (Phi) is 47.6. The van der Waals surface area contributed by atoms with E-state index < -0.39 is 0 Å². The number of likely N-dealkylation sites (N-methyl/N-ethyl adjacent to an activating group) is 2. The molecule has 0 aromatic rings. The van der Waals surface area contributed by atoms with Crippen molar-refractivity contribution in [1.29, 1.82) is 0 Å². The molecule has 15 N–H and O–H groups in total. The van der Waals surface area contributed by atoms with Crippen molar-refractivity contribution < 1.29 is 19.1 Å². The van der Waals surface area contributed by atoms with Crippen molar-refractivity contribution in [3.05, 3.63) is 0 Å². The van der Waals surface area contributed by atoms with E-state index in [4.69, 9.17) is 49.6 Å². The van der Waals surface area contributed by atoms with E-state index in [1.807, 2.05) is 38.0 Å². The summed E-state index contributed by atoms with van der Waals surface area (Å²) < 4.78 is 11.0. The van der Waals surface area contributed by atoms with Crippen molar-refractivity contribution in [2.24, 2.45) is 40.1 Å². The van der Waals surface area contributed by atoms with Gasteiger partial charge in [0, 0.05) is 26.2 Å². The Labute approximate surface area is 379 Å². The lowest BCUT2D eigenvalue weighted by Crippen LogP contribution is -2.37. The van der Waals surface area contributed by atoms with Gasteiger partial charge in [-0.25, -0.2) is 0 Å². The predicted molar refractivity (Wildman–Crippen MR) is 259 cm³/mol. The summed E-state index contributed by atoms with van der Waals surface area (Å²) >= 11 is 0. The highest BCUT2D eigenvalue weighted by Crippen LogP contribution is 2.04. The van der Waals surface area contributed by atoms with E-state index in [0.717, 1.165) is 169 Å². The van der Waals surface area contributed by atoms with Crippen LogP contribution in [0.1, 0.15) is 70.6 Å². The number of rotatable bonds is 45. The molecule has 0 atom stereocenters. The second kappa shape index (κ2) is 47.3. The number of hydrogen-bond donors (Lipinski definition) is 8.